The molecule has 0 amide bonds. The zero-order valence-electron chi connectivity index (χ0n) is 9.59. The fourth-order valence-corrected chi connectivity index (χ4v) is 1.50. The molecule has 0 fully saturated rings. The summed E-state index contributed by atoms with van der Waals surface area (Å²) < 4.78 is 0. The third-order valence-electron chi connectivity index (χ3n) is 2.46. The number of nitrogens with two attached hydrogens (primary N) is 1. The normalized spacial score (nSPS) is 9.72. The van der Waals surface area contributed by atoms with Crippen LogP contribution in [-0.2, 0) is 6.54 Å². The van der Waals surface area contributed by atoms with Crippen LogP contribution in [0.2, 0.25) is 0 Å². The average molecular weight is 240 g/mol. The summed E-state index contributed by atoms with van der Waals surface area (Å²) in [4.78, 5) is 4.07. The maximum Gasteiger partial charge on any atom is 0.126 e. The third kappa shape index (κ3) is 2.68. The minimum Gasteiger partial charge on any atom is -0.508 e. The molecule has 0 aliphatic rings. The van der Waals surface area contributed by atoms with Gasteiger partial charge in [-0.15, -0.1) is 0 Å². The number of aromatic hydroxyl groups is 1. The summed E-state index contributed by atoms with van der Waals surface area (Å²) in [5.74, 6) is 0.821. The number of aromatic nitrogens is 1. The van der Waals surface area contributed by atoms with E-state index >= 15 is 0 Å². The Labute approximate surface area is 105 Å². The minimum atomic E-state index is 0.186. The largest absolute Gasteiger partial charge is 0.508 e. The van der Waals surface area contributed by atoms with Gasteiger partial charge in [0.25, 0.3) is 0 Å². The Balaban J connectivity index is 2.07. The van der Waals surface area contributed by atoms with Gasteiger partial charge in [-0.05, 0) is 30.3 Å². The highest BCUT2D eigenvalue weighted by Crippen LogP contribution is 2.20. The first-order valence-electron chi connectivity index (χ1n) is 5.36. The van der Waals surface area contributed by atoms with E-state index in [1.807, 2.05) is 6.07 Å². The zero-order valence-corrected chi connectivity index (χ0v) is 9.59. The van der Waals surface area contributed by atoms with Crippen LogP contribution in [0.3, 0.4) is 0 Å². The van der Waals surface area contributed by atoms with Crippen LogP contribution in [0.5, 0.6) is 5.75 Å². The lowest BCUT2D eigenvalue weighted by Gasteiger charge is -2.08. The van der Waals surface area contributed by atoms with E-state index in [0.717, 1.165) is 0 Å². The summed E-state index contributed by atoms with van der Waals surface area (Å²) in [7, 11) is 0. The van der Waals surface area contributed by atoms with Crippen LogP contribution >= 0.6 is 0 Å². The standard InChI is InChI=1S/C13H12N4O/c14-6-9-1-4-13(16-7-9)17-8-10-5-11(15)2-3-12(10)18/h1-5,7,18H,8,15H2,(H,16,17). The van der Waals surface area contributed by atoms with E-state index in [1.165, 1.54) is 6.20 Å². The number of nitrogens with zero attached hydrogens (tertiary/aromatic N) is 2. The van der Waals surface area contributed by atoms with Crippen molar-refractivity contribution in [3.05, 3.63) is 47.7 Å². The summed E-state index contributed by atoms with van der Waals surface area (Å²) in [6.45, 7) is 0.412. The topological polar surface area (TPSA) is 95.0 Å². The second-order valence-electron chi connectivity index (χ2n) is 3.79. The third-order valence-corrected chi connectivity index (χ3v) is 2.46. The van der Waals surface area contributed by atoms with Crippen molar-refractivity contribution in [1.29, 1.82) is 5.26 Å². The molecule has 0 aliphatic carbocycles. The van der Waals surface area contributed by atoms with E-state index in [2.05, 4.69) is 10.3 Å². The van der Waals surface area contributed by atoms with E-state index < -0.39 is 0 Å². The number of phenols is 1. The summed E-state index contributed by atoms with van der Waals surface area (Å²) in [5.41, 5.74) is 7.44. The predicted octanol–water partition coefficient (Wildman–Crippen LogP) is 1.85. The Kier molecular flexibility index (Phi) is 3.30. The summed E-state index contributed by atoms with van der Waals surface area (Å²) in [6, 6.07) is 10.3. The molecule has 5 nitrogen and oxygen atoms in total. The van der Waals surface area contributed by atoms with E-state index in [4.69, 9.17) is 11.0 Å². The molecule has 1 aromatic carbocycles. The highest BCUT2D eigenvalue weighted by atomic mass is 16.3. The van der Waals surface area contributed by atoms with E-state index in [9.17, 15) is 5.11 Å². The van der Waals surface area contributed by atoms with Crippen LogP contribution < -0.4 is 11.1 Å². The highest BCUT2D eigenvalue weighted by molar-refractivity contribution is 5.49. The fraction of sp³-hybridized carbons (Fsp3) is 0.0769. The fourth-order valence-electron chi connectivity index (χ4n) is 1.50. The van der Waals surface area contributed by atoms with Crippen molar-refractivity contribution in [3.63, 3.8) is 0 Å². The number of pyridine rings is 1. The lowest BCUT2D eigenvalue weighted by Crippen LogP contribution is -2.02. The molecule has 2 aromatic rings. The maximum atomic E-state index is 9.64. The molecule has 90 valence electrons. The first kappa shape index (κ1) is 11.7. The first-order chi connectivity index (χ1) is 8.69. The lowest BCUT2D eigenvalue weighted by molar-refractivity contribution is 0.469. The lowest BCUT2D eigenvalue weighted by atomic mass is 10.2. The van der Waals surface area contributed by atoms with Gasteiger partial charge in [0.2, 0.25) is 0 Å². The van der Waals surface area contributed by atoms with Gasteiger partial charge < -0.3 is 16.2 Å². The number of nitrogen functional groups attached to an aromatic ring is 1. The van der Waals surface area contributed by atoms with E-state index in [0.29, 0.717) is 29.2 Å². The van der Waals surface area contributed by atoms with Crippen molar-refractivity contribution in [3.8, 4) is 11.8 Å². The zero-order chi connectivity index (χ0) is 13.0. The van der Waals surface area contributed by atoms with E-state index in [-0.39, 0.29) is 5.75 Å². The molecule has 0 bridgehead atoms. The SMILES string of the molecule is N#Cc1ccc(NCc2cc(N)ccc2O)nc1. The first-order valence-corrected chi connectivity index (χ1v) is 5.36. The van der Waals surface area contributed by atoms with Crippen LogP contribution in [-0.4, -0.2) is 10.1 Å². The Bertz CT molecular complexity index is 587. The second kappa shape index (κ2) is 5.06. The maximum absolute atomic E-state index is 9.64. The Morgan fingerprint density at radius 2 is 2.17 bits per heavy atom. The molecular formula is C13H12N4O. The number of phenolic OH excluding ortho intramolecular Hbond substituents is 1. The summed E-state index contributed by atoms with van der Waals surface area (Å²) in [5, 5.41) is 21.3. The average Bonchev–Trinajstić information content (AvgIpc) is 2.40. The van der Waals surface area contributed by atoms with Crippen LogP contribution in [0, 0.1) is 11.3 Å². The molecule has 0 atom stereocenters. The molecule has 0 unspecified atom stereocenters. The minimum absolute atomic E-state index is 0.186. The Morgan fingerprint density at radius 3 is 2.83 bits per heavy atom. The molecule has 0 saturated carbocycles. The summed E-state index contributed by atoms with van der Waals surface area (Å²) >= 11 is 0. The van der Waals surface area contributed by atoms with Crippen molar-refractivity contribution in [1.82, 2.24) is 4.98 Å². The molecule has 0 aliphatic heterocycles. The number of anilines is 2. The molecule has 0 saturated heterocycles. The van der Waals surface area contributed by atoms with Gasteiger partial charge in [-0.2, -0.15) is 5.26 Å². The predicted molar refractivity (Wildman–Crippen MR) is 68.8 cm³/mol. The van der Waals surface area contributed by atoms with Gasteiger partial charge in [0.15, 0.2) is 0 Å². The van der Waals surface area contributed by atoms with Crippen molar-refractivity contribution in [2.75, 3.05) is 11.1 Å². The van der Waals surface area contributed by atoms with Crippen molar-refractivity contribution in [2.24, 2.45) is 0 Å². The number of hydrogen-bond donors (Lipinski definition) is 3. The highest BCUT2D eigenvalue weighted by Gasteiger charge is 2.02. The molecular weight excluding hydrogens is 228 g/mol. The van der Waals surface area contributed by atoms with Gasteiger partial charge in [0, 0.05) is 24.0 Å². The number of rotatable bonds is 3. The quantitative estimate of drug-likeness (QED) is 0.562. The van der Waals surface area contributed by atoms with Gasteiger partial charge in [0.1, 0.15) is 17.6 Å². The number of hydrogen-bond acceptors (Lipinski definition) is 5. The number of benzene rings is 1. The Morgan fingerprint density at radius 1 is 1.33 bits per heavy atom. The summed E-state index contributed by atoms with van der Waals surface area (Å²) in [6.07, 6.45) is 1.49. The van der Waals surface area contributed by atoms with Crippen molar-refractivity contribution >= 4 is 11.5 Å². The molecule has 0 radical (unpaired) electrons. The Hall–Kier alpha value is -2.74. The van der Waals surface area contributed by atoms with Crippen molar-refractivity contribution < 1.29 is 5.11 Å². The number of nitrogens with one attached hydrogen (secondary N) is 1. The molecule has 2 rings (SSSR count). The van der Waals surface area contributed by atoms with Crippen LogP contribution in [0.15, 0.2) is 36.5 Å². The molecule has 1 aromatic heterocycles. The van der Waals surface area contributed by atoms with Gasteiger partial charge >= 0.3 is 0 Å². The van der Waals surface area contributed by atoms with Gasteiger partial charge in [-0.25, -0.2) is 4.98 Å². The van der Waals surface area contributed by atoms with Gasteiger partial charge in [-0.1, -0.05) is 0 Å². The number of nitriles is 1. The molecule has 4 N–H and O–H groups in total. The van der Waals surface area contributed by atoms with Gasteiger partial charge in [-0.3, -0.25) is 0 Å². The van der Waals surface area contributed by atoms with Crippen molar-refractivity contribution in [2.45, 2.75) is 6.54 Å². The van der Waals surface area contributed by atoms with Crippen LogP contribution in [0.25, 0.3) is 0 Å². The van der Waals surface area contributed by atoms with E-state index in [1.54, 1.807) is 30.3 Å². The molecule has 1 heterocycles. The smallest absolute Gasteiger partial charge is 0.126 e. The second-order valence-corrected chi connectivity index (χ2v) is 3.79. The molecule has 5 heteroatoms. The molecule has 0 spiro atoms. The monoisotopic (exact) mass is 240 g/mol. The van der Waals surface area contributed by atoms with Crippen LogP contribution in [0.1, 0.15) is 11.1 Å². The van der Waals surface area contributed by atoms with Gasteiger partial charge in [0.05, 0.1) is 5.56 Å². The van der Waals surface area contributed by atoms with Crippen LogP contribution in [0.4, 0.5) is 11.5 Å². The molecule has 18 heavy (non-hydrogen) atoms.